The monoisotopic (exact) mass is 328 g/mol. The van der Waals surface area contributed by atoms with E-state index in [1.165, 1.54) is 12.1 Å². The fourth-order valence-electron chi connectivity index (χ4n) is 2.20. The molecule has 0 saturated heterocycles. The first-order valence-electron chi connectivity index (χ1n) is 6.96. The molecule has 2 rings (SSSR count). The molecular formula is C17H16ClF3O. The van der Waals surface area contributed by atoms with Crippen molar-refractivity contribution in [2.75, 3.05) is 0 Å². The SMILES string of the molecule is CCC(c1ccc(OCc2c(F)cccc2Cl)cc1)C(F)F. The Kier molecular flexibility index (Phi) is 5.72. The van der Waals surface area contributed by atoms with E-state index in [-0.39, 0.29) is 12.2 Å². The molecule has 0 saturated carbocycles. The van der Waals surface area contributed by atoms with Crippen molar-refractivity contribution < 1.29 is 17.9 Å². The Balaban J connectivity index is 2.06. The van der Waals surface area contributed by atoms with Gasteiger partial charge in [-0.05, 0) is 36.2 Å². The lowest BCUT2D eigenvalue weighted by atomic mass is 9.97. The van der Waals surface area contributed by atoms with Crippen molar-refractivity contribution in [3.8, 4) is 5.75 Å². The van der Waals surface area contributed by atoms with Crippen molar-refractivity contribution in [1.82, 2.24) is 0 Å². The number of benzene rings is 2. The van der Waals surface area contributed by atoms with Crippen molar-refractivity contribution in [2.24, 2.45) is 0 Å². The molecule has 0 aliphatic carbocycles. The average molecular weight is 329 g/mol. The largest absolute Gasteiger partial charge is 0.489 e. The number of rotatable bonds is 6. The fourth-order valence-corrected chi connectivity index (χ4v) is 2.41. The lowest BCUT2D eigenvalue weighted by Crippen LogP contribution is -2.07. The molecule has 118 valence electrons. The third kappa shape index (κ3) is 3.95. The van der Waals surface area contributed by atoms with Gasteiger partial charge in [-0.2, -0.15) is 0 Å². The van der Waals surface area contributed by atoms with Gasteiger partial charge >= 0.3 is 0 Å². The summed E-state index contributed by atoms with van der Waals surface area (Å²) in [6, 6.07) is 10.8. The predicted octanol–water partition coefficient (Wildman–Crippen LogP) is 5.82. The summed E-state index contributed by atoms with van der Waals surface area (Å²) in [7, 11) is 0. The molecule has 0 bridgehead atoms. The van der Waals surface area contributed by atoms with Crippen LogP contribution >= 0.6 is 11.6 Å². The van der Waals surface area contributed by atoms with Crippen LogP contribution in [-0.4, -0.2) is 6.43 Å². The highest BCUT2D eigenvalue weighted by molar-refractivity contribution is 6.31. The van der Waals surface area contributed by atoms with Gasteiger partial charge in [0.05, 0.1) is 5.02 Å². The fraction of sp³-hybridized carbons (Fsp3) is 0.294. The zero-order valence-corrected chi connectivity index (χ0v) is 12.8. The predicted molar refractivity (Wildman–Crippen MR) is 81.2 cm³/mol. The molecule has 1 unspecified atom stereocenters. The van der Waals surface area contributed by atoms with Crippen LogP contribution in [0.3, 0.4) is 0 Å². The number of hydrogen-bond donors (Lipinski definition) is 0. The lowest BCUT2D eigenvalue weighted by Gasteiger charge is -2.15. The Morgan fingerprint density at radius 2 is 1.77 bits per heavy atom. The second kappa shape index (κ2) is 7.54. The van der Waals surface area contributed by atoms with E-state index in [1.807, 2.05) is 0 Å². The Labute approximate surface area is 132 Å². The van der Waals surface area contributed by atoms with Crippen LogP contribution in [-0.2, 0) is 6.61 Å². The van der Waals surface area contributed by atoms with Gasteiger partial charge in [0.15, 0.2) is 0 Å². The minimum atomic E-state index is -2.39. The van der Waals surface area contributed by atoms with E-state index in [2.05, 4.69) is 0 Å². The summed E-state index contributed by atoms with van der Waals surface area (Å²) >= 11 is 5.91. The van der Waals surface area contributed by atoms with Gasteiger partial charge in [0.1, 0.15) is 18.2 Å². The molecule has 0 fully saturated rings. The molecule has 0 spiro atoms. The Morgan fingerprint density at radius 3 is 2.32 bits per heavy atom. The van der Waals surface area contributed by atoms with Crippen molar-refractivity contribution >= 4 is 11.6 Å². The quantitative estimate of drug-likeness (QED) is 0.649. The molecule has 5 heteroatoms. The van der Waals surface area contributed by atoms with Crippen molar-refractivity contribution in [3.05, 3.63) is 64.4 Å². The molecular weight excluding hydrogens is 313 g/mol. The summed E-state index contributed by atoms with van der Waals surface area (Å²) < 4.78 is 44.8. The van der Waals surface area contributed by atoms with Crippen LogP contribution in [0.4, 0.5) is 13.2 Å². The van der Waals surface area contributed by atoms with Gasteiger partial charge in [0.2, 0.25) is 6.43 Å². The van der Waals surface area contributed by atoms with E-state index in [0.717, 1.165) is 0 Å². The standard InChI is InChI=1S/C17H16ClF3O/c1-2-13(17(20)21)11-6-8-12(9-7-11)22-10-14-15(18)4-3-5-16(14)19/h3-9,13,17H,2,10H2,1H3. The van der Waals surface area contributed by atoms with Crippen LogP contribution in [0, 0.1) is 5.82 Å². The highest BCUT2D eigenvalue weighted by Crippen LogP contribution is 2.28. The summed E-state index contributed by atoms with van der Waals surface area (Å²) in [5.41, 5.74) is 0.834. The first-order valence-corrected chi connectivity index (χ1v) is 7.34. The van der Waals surface area contributed by atoms with E-state index >= 15 is 0 Å². The molecule has 0 aromatic heterocycles. The van der Waals surface area contributed by atoms with E-state index in [4.69, 9.17) is 16.3 Å². The molecule has 2 aromatic carbocycles. The minimum Gasteiger partial charge on any atom is -0.489 e. The van der Waals surface area contributed by atoms with Crippen LogP contribution in [0.5, 0.6) is 5.75 Å². The second-order valence-electron chi connectivity index (χ2n) is 4.91. The van der Waals surface area contributed by atoms with Crippen LogP contribution < -0.4 is 4.74 Å². The average Bonchev–Trinajstić information content (AvgIpc) is 2.48. The Bertz CT molecular complexity index is 594. The van der Waals surface area contributed by atoms with Crippen LogP contribution in [0.2, 0.25) is 5.02 Å². The molecule has 0 amide bonds. The van der Waals surface area contributed by atoms with Crippen molar-refractivity contribution in [1.29, 1.82) is 0 Å². The molecule has 1 atom stereocenters. The molecule has 1 nitrogen and oxygen atoms in total. The molecule has 0 heterocycles. The topological polar surface area (TPSA) is 9.23 Å². The van der Waals surface area contributed by atoms with Gasteiger partial charge in [-0.1, -0.05) is 36.7 Å². The summed E-state index contributed by atoms with van der Waals surface area (Å²) in [5.74, 6) is -0.741. The third-order valence-electron chi connectivity index (χ3n) is 3.50. The third-order valence-corrected chi connectivity index (χ3v) is 3.85. The summed E-state index contributed by atoms with van der Waals surface area (Å²) in [5, 5.41) is 0.292. The van der Waals surface area contributed by atoms with Crippen molar-refractivity contribution in [3.63, 3.8) is 0 Å². The molecule has 2 aromatic rings. The van der Waals surface area contributed by atoms with E-state index in [1.54, 1.807) is 37.3 Å². The van der Waals surface area contributed by atoms with E-state index in [9.17, 15) is 13.2 Å². The highest BCUT2D eigenvalue weighted by atomic mass is 35.5. The Morgan fingerprint density at radius 1 is 1.09 bits per heavy atom. The number of halogens is 4. The smallest absolute Gasteiger partial charge is 0.245 e. The summed E-state index contributed by atoms with van der Waals surface area (Å²) in [6.07, 6.45) is -2.03. The van der Waals surface area contributed by atoms with Gasteiger partial charge in [0, 0.05) is 11.5 Å². The summed E-state index contributed by atoms with van der Waals surface area (Å²) in [6.45, 7) is 1.71. The number of ether oxygens (including phenoxy) is 1. The van der Waals surface area contributed by atoms with Crippen LogP contribution in [0.15, 0.2) is 42.5 Å². The Hall–Kier alpha value is -1.68. The zero-order valence-electron chi connectivity index (χ0n) is 12.0. The first kappa shape index (κ1) is 16.7. The molecule has 0 radical (unpaired) electrons. The summed E-state index contributed by atoms with van der Waals surface area (Å²) in [4.78, 5) is 0. The maximum atomic E-state index is 13.6. The van der Waals surface area contributed by atoms with Crippen molar-refractivity contribution in [2.45, 2.75) is 32.3 Å². The van der Waals surface area contributed by atoms with Gasteiger partial charge in [-0.15, -0.1) is 0 Å². The van der Waals surface area contributed by atoms with Gasteiger partial charge in [-0.25, -0.2) is 13.2 Å². The zero-order chi connectivity index (χ0) is 16.1. The first-order chi connectivity index (χ1) is 10.5. The molecule has 22 heavy (non-hydrogen) atoms. The van der Waals surface area contributed by atoms with Crippen LogP contribution in [0.25, 0.3) is 0 Å². The highest BCUT2D eigenvalue weighted by Gasteiger charge is 2.20. The minimum absolute atomic E-state index is 0.0170. The molecule has 0 aliphatic rings. The van der Waals surface area contributed by atoms with Crippen LogP contribution in [0.1, 0.15) is 30.4 Å². The second-order valence-corrected chi connectivity index (χ2v) is 5.31. The van der Waals surface area contributed by atoms with E-state index < -0.39 is 18.2 Å². The van der Waals surface area contributed by atoms with Gasteiger partial charge < -0.3 is 4.74 Å². The van der Waals surface area contributed by atoms with Gasteiger partial charge in [0.25, 0.3) is 0 Å². The lowest BCUT2D eigenvalue weighted by molar-refractivity contribution is 0.112. The van der Waals surface area contributed by atoms with Gasteiger partial charge in [-0.3, -0.25) is 0 Å². The molecule has 0 aliphatic heterocycles. The number of alkyl halides is 2. The number of hydrogen-bond acceptors (Lipinski definition) is 1. The molecule has 0 N–H and O–H groups in total. The normalized spacial score (nSPS) is 12.5. The maximum Gasteiger partial charge on any atom is 0.245 e. The maximum absolute atomic E-state index is 13.6. The van der Waals surface area contributed by atoms with E-state index in [0.29, 0.717) is 22.8 Å².